The van der Waals surface area contributed by atoms with Crippen LogP contribution in [0.15, 0.2) is 29.3 Å². The molecular formula is C9H11NSe. The second-order valence-electron chi connectivity index (χ2n) is 2.71. The first-order valence-electron chi connectivity index (χ1n) is 3.67. The fourth-order valence-corrected chi connectivity index (χ4v) is 4.17. The molecule has 1 heterocycles. The minimum absolute atomic E-state index is 0.857. The zero-order chi connectivity index (χ0) is 7.84. The molecule has 11 heavy (non-hydrogen) atoms. The molecule has 1 nitrogen and oxygen atoms in total. The number of hydrogen-bond acceptors (Lipinski definition) is 1. The number of fused-ring (bicyclic) bond motifs is 1. The van der Waals surface area contributed by atoms with Gasteiger partial charge in [0.1, 0.15) is 0 Å². The molecule has 0 fully saturated rings. The second-order valence-corrected chi connectivity index (χ2v) is 7.42. The molecule has 1 atom stereocenters. The SMILES string of the molecule is CC1=Nc2ccccc2[SeH]1C. The third-order valence-electron chi connectivity index (χ3n) is 2.01. The van der Waals surface area contributed by atoms with Crippen molar-refractivity contribution in [2.45, 2.75) is 12.7 Å². The quantitative estimate of drug-likeness (QED) is 0.576. The van der Waals surface area contributed by atoms with Crippen LogP contribution in [0.1, 0.15) is 6.92 Å². The van der Waals surface area contributed by atoms with Gasteiger partial charge in [-0.05, 0) is 0 Å². The summed E-state index contributed by atoms with van der Waals surface area (Å²) in [4.78, 5) is 4.51. The summed E-state index contributed by atoms with van der Waals surface area (Å²) in [5, 5.41) is 0. The van der Waals surface area contributed by atoms with Crippen LogP contribution in [0.25, 0.3) is 0 Å². The van der Waals surface area contributed by atoms with Gasteiger partial charge in [0.2, 0.25) is 0 Å². The van der Waals surface area contributed by atoms with E-state index in [-0.39, 0.29) is 0 Å². The normalized spacial score (nSPS) is 24.5. The van der Waals surface area contributed by atoms with Crippen molar-refractivity contribution in [3.05, 3.63) is 24.3 Å². The van der Waals surface area contributed by atoms with Crippen molar-refractivity contribution in [2.75, 3.05) is 0 Å². The van der Waals surface area contributed by atoms with Crippen LogP contribution in [0.5, 0.6) is 0 Å². The monoisotopic (exact) mass is 213 g/mol. The van der Waals surface area contributed by atoms with Gasteiger partial charge in [-0.3, -0.25) is 0 Å². The first kappa shape index (κ1) is 7.08. The fraction of sp³-hybridized carbons (Fsp3) is 0.222. The first-order valence-corrected chi connectivity index (χ1v) is 7.42. The van der Waals surface area contributed by atoms with E-state index in [1.165, 1.54) is 14.8 Å². The van der Waals surface area contributed by atoms with E-state index in [0.29, 0.717) is 0 Å². The number of rotatable bonds is 0. The Bertz CT molecular complexity index is 317. The molecule has 2 heteroatoms. The molecule has 0 saturated heterocycles. The van der Waals surface area contributed by atoms with Gasteiger partial charge in [-0.25, -0.2) is 0 Å². The summed E-state index contributed by atoms with van der Waals surface area (Å²) in [6.07, 6.45) is 0. The second kappa shape index (κ2) is 2.47. The molecular weight excluding hydrogens is 201 g/mol. The zero-order valence-corrected chi connectivity index (χ0v) is 8.58. The van der Waals surface area contributed by atoms with E-state index < -0.39 is 13.9 Å². The van der Waals surface area contributed by atoms with Gasteiger partial charge in [0.25, 0.3) is 0 Å². The summed E-state index contributed by atoms with van der Waals surface area (Å²) < 4.78 is 2.89. The average Bonchev–Trinajstić information content (AvgIpc) is 2.30. The Hall–Kier alpha value is -0.591. The topological polar surface area (TPSA) is 12.4 Å². The predicted octanol–water partition coefficient (Wildman–Crippen LogP) is 1.40. The molecule has 1 aromatic rings. The molecule has 1 aromatic carbocycles. The van der Waals surface area contributed by atoms with Crippen LogP contribution < -0.4 is 4.46 Å². The van der Waals surface area contributed by atoms with Crippen LogP contribution in [0, 0.1) is 0 Å². The molecule has 0 bridgehead atoms. The van der Waals surface area contributed by atoms with E-state index in [1.807, 2.05) is 0 Å². The van der Waals surface area contributed by atoms with E-state index >= 15 is 0 Å². The molecule has 1 aliphatic heterocycles. The van der Waals surface area contributed by atoms with Gasteiger partial charge < -0.3 is 0 Å². The summed E-state index contributed by atoms with van der Waals surface area (Å²) in [5.41, 5.74) is 1.22. The van der Waals surface area contributed by atoms with Crippen LogP contribution in [-0.4, -0.2) is 18.5 Å². The molecule has 0 aliphatic carbocycles. The maximum atomic E-state index is 4.51. The van der Waals surface area contributed by atoms with Crippen molar-refractivity contribution in [1.29, 1.82) is 0 Å². The molecule has 0 aromatic heterocycles. The first-order chi connectivity index (χ1) is 5.29. The maximum absolute atomic E-state index is 4.51. The molecule has 0 saturated carbocycles. The fourth-order valence-electron chi connectivity index (χ4n) is 1.27. The molecule has 1 unspecified atom stereocenters. The van der Waals surface area contributed by atoms with Gasteiger partial charge in [0.05, 0.1) is 0 Å². The Balaban J connectivity index is 2.58. The molecule has 0 amide bonds. The van der Waals surface area contributed by atoms with E-state index in [9.17, 15) is 0 Å². The minimum atomic E-state index is -0.857. The Morgan fingerprint density at radius 1 is 1.27 bits per heavy atom. The third-order valence-corrected chi connectivity index (χ3v) is 6.57. The zero-order valence-electron chi connectivity index (χ0n) is 6.70. The standard InChI is InChI=1S/C9H11NSe/c1-7-10-8-5-3-4-6-9(8)11(7)2/h3-6,11H,1-2H3. The van der Waals surface area contributed by atoms with Gasteiger partial charge in [0.15, 0.2) is 0 Å². The van der Waals surface area contributed by atoms with Crippen molar-refractivity contribution >= 4 is 28.7 Å². The summed E-state index contributed by atoms with van der Waals surface area (Å²) in [6, 6.07) is 8.49. The van der Waals surface area contributed by atoms with Crippen LogP contribution in [0.2, 0.25) is 5.82 Å². The number of aliphatic imine (C=N–C) groups is 1. The number of para-hydroxylation sites is 1. The molecule has 0 N–H and O–H groups in total. The van der Waals surface area contributed by atoms with Crippen molar-refractivity contribution in [3.8, 4) is 0 Å². The molecule has 2 rings (SSSR count). The summed E-state index contributed by atoms with van der Waals surface area (Å²) in [5.74, 6) is 2.34. The van der Waals surface area contributed by atoms with Gasteiger partial charge in [0, 0.05) is 0 Å². The molecule has 58 valence electrons. The third kappa shape index (κ3) is 1.03. The van der Waals surface area contributed by atoms with Crippen molar-refractivity contribution < 1.29 is 0 Å². The number of nitrogens with zero attached hydrogens (tertiary/aromatic N) is 1. The van der Waals surface area contributed by atoms with E-state index in [2.05, 4.69) is 42.0 Å². The van der Waals surface area contributed by atoms with Crippen LogP contribution in [0.3, 0.4) is 0 Å². The van der Waals surface area contributed by atoms with Gasteiger partial charge in [-0.15, -0.1) is 0 Å². The molecule has 0 spiro atoms. The van der Waals surface area contributed by atoms with E-state index in [0.717, 1.165) is 0 Å². The predicted molar refractivity (Wildman–Crippen MR) is 51.9 cm³/mol. The Kier molecular flexibility index (Phi) is 1.59. The average molecular weight is 212 g/mol. The summed E-state index contributed by atoms with van der Waals surface area (Å²) in [7, 11) is 0. The van der Waals surface area contributed by atoms with Crippen LogP contribution >= 0.6 is 0 Å². The van der Waals surface area contributed by atoms with Crippen molar-refractivity contribution in [2.24, 2.45) is 4.99 Å². The van der Waals surface area contributed by atoms with E-state index in [4.69, 9.17) is 0 Å². The Labute approximate surface area is 71.0 Å². The van der Waals surface area contributed by atoms with Crippen molar-refractivity contribution in [1.82, 2.24) is 0 Å². The van der Waals surface area contributed by atoms with Crippen LogP contribution in [-0.2, 0) is 0 Å². The van der Waals surface area contributed by atoms with Crippen LogP contribution in [0.4, 0.5) is 5.69 Å². The van der Waals surface area contributed by atoms with Crippen molar-refractivity contribution in [3.63, 3.8) is 0 Å². The van der Waals surface area contributed by atoms with E-state index in [1.54, 1.807) is 0 Å². The molecule has 1 aliphatic rings. The number of hydrogen-bond donors (Lipinski definition) is 0. The van der Waals surface area contributed by atoms with Gasteiger partial charge in [-0.2, -0.15) is 0 Å². The van der Waals surface area contributed by atoms with Gasteiger partial charge in [-0.1, -0.05) is 0 Å². The summed E-state index contributed by atoms with van der Waals surface area (Å²) >= 11 is -0.857. The van der Waals surface area contributed by atoms with Gasteiger partial charge >= 0.3 is 70.7 Å². The Morgan fingerprint density at radius 3 is 2.73 bits per heavy atom. The summed E-state index contributed by atoms with van der Waals surface area (Å²) in [6.45, 7) is 2.15. The number of benzene rings is 1. The molecule has 0 radical (unpaired) electrons. The Morgan fingerprint density at radius 2 is 2.00 bits per heavy atom.